The van der Waals surface area contributed by atoms with Crippen molar-refractivity contribution in [2.75, 3.05) is 33.2 Å². The number of hydrogen-bond acceptors (Lipinski definition) is 2. The summed E-state index contributed by atoms with van der Waals surface area (Å²) in [6, 6.07) is 0. The highest BCUT2D eigenvalue weighted by atomic mass is 16.2. The van der Waals surface area contributed by atoms with Crippen LogP contribution in [0, 0.1) is 11.3 Å². The summed E-state index contributed by atoms with van der Waals surface area (Å²) in [4.78, 5) is 16.2. The van der Waals surface area contributed by atoms with Crippen LogP contribution in [0.2, 0.25) is 0 Å². The monoisotopic (exact) mass is 224 g/mol. The van der Waals surface area contributed by atoms with Crippen molar-refractivity contribution in [3.63, 3.8) is 0 Å². The first kappa shape index (κ1) is 11.9. The van der Waals surface area contributed by atoms with Gasteiger partial charge >= 0.3 is 0 Å². The second kappa shape index (κ2) is 4.36. The van der Waals surface area contributed by atoms with E-state index in [0.717, 1.165) is 25.9 Å². The van der Waals surface area contributed by atoms with Crippen LogP contribution in [0.3, 0.4) is 0 Å². The first-order valence-electron chi connectivity index (χ1n) is 6.66. The molecule has 92 valence electrons. The molecule has 2 heterocycles. The van der Waals surface area contributed by atoms with Crippen molar-refractivity contribution in [2.24, 2.45) is 11.3 Å². The molecular formula is C13H24N2O. The van der Waals surface area contributed by atoms with Gasteiger partial charge in [0.05, 0.1) is 0 Å². The summed E-state index contributed by atoms with van der Waals surface area (Å²) in [7, 11) is 2.16. The van der Waals surface area contributed by atoms with Crippen LogP contribution in [0.15, 0.2) is 0 Å². The third-order valence-electron chi connectivity index (χ3n) is 4.09. The van der Waals surface area contributed by atoms with E-state index in [9.17, 15) is 4.79 Å². The molecule has 1 aliphatic carbocycles. The van der Waals surface area contributed by atoms with E-state index in [0.29, 0.717) is 17.2 Å². The van der Waals surface area contributed by atoms with Gasteiger partial charge in [-0.1, -0.05) is 13.8 Å². The molecule has 0 aromatic rings. The predicted molar refractivity (Wildman–Crippen MR) is 65.2 cm³/mol. The van der Waals surface area contributed by atoms with E-state index in [2.05, 4.69) is 11.9 Å². The van der Waals surface area contributed by atoms with Gasteiger partial charge in [0.2, 0.25) is 5.91 Å². The lowest BCUT2D eigenvalue weighted by atomic mass is 9.57. The first-order chi connectivity index (χ1) is 7.69. The smallest absolute Gasteiger partial charge is 0.225 e. The van der Waals surface area contributed by atoms with Crippen LogP contribution in [0.4, 0.5) is 0 Å². The normalized spacial score (nSPS) is 27.3. The van der Waals surface area contributed by atoms with E-state index in [1.807, 2.05) is 18.7 Å². The summed E-state index contributed by atoms with van der Waals surface area (Å²) in [6.45, 7) is 8.47. The Bertz CT molecular complexity index is 259. The van der Waals surface area contributed by atoms with Crippen LogP contribution < -0.4 is 0 Å². The highest BCUT2D eigenvalue weighted by Gasteiger charge is 2.53. The topological polar surface area (TPSA) is 23.6 Å². The van der Waals surface area contributed by atoms with Gasteiger partial charge in [0.25, 0.3) is 0 Å². The Labute approximate surface area is 98.8 Å². The molecule has 0 bridgehead atoms. The minimum Gasteiger partial charge on any atom is -0.342 e. The van der Waals surface area contributed by atoms with Gasteiger partial charge in [0, 0.05) is 32.1 Å². The summed E-state index contributed by atoms with van der Waals surface area (Å²) < 4.78 is 0. The fraction of sp³-hybridized carbons (Fsp3) is 0.923. The maximum absolute atomic E-state index is 11.8. The zero-order chi connectivity index (χ0) is 11.8. The van der Waals surface area contributed by atoms with Crippen LogP contribution >= 0.6 is 0 Å². The van der Waals surface area contributed by atoms with Gasteiger partial charge in [0.1, 0.15) is 0 Å². The number of carbonyl (C=O) groups excluding carboxylic acids is 1. The third-order valence-corrected chi connectivity index (χ3v) is 4.09. The molecular weight excluding hydrogens is 200 g/mol. The van der Waals surface area contributed by atoms with Gasteiger partial charge < -0.3 is 9.80 Å². The van der Waals surface area contributed by atoms with E-state index < -0.39 is 0 Å². The Kier molecular flexibility index (Phi) is 3.24. The average molecular weight is 224 g/mol. The molecule has 2 aliphatic heterocycles. The van der Waals surface area contributed by atoms with E-state index in [4.69, 9.17) is 0 Å². The first-order valence-corrected chi connectivity index (χ1v) is 6.66. The van der Waals surface area contributed by atoms with E-state index in [-0.39, 0.29) is 0 Å². The Hall–Kier alpha value is -0.570. The van der Waals surface area contributed by atoms with Crippen molar-refractivity contribution in [3.8, 4) is 0 Å². The highest BCUT2D eigenvalue weighted by Crippen LogP contribution is 2.52. The molecule has 0 unspecified atom stereocenters. The fourth-order valence-corrected chi connectivity index (χ4v) is 3.31. The highest BCUT2D eigenvalue weighted by molar-refractivity contribution is 5.80. The molecule has 16 heavy (non-hydrogen) atoms. The van der Waals surface area contributed by atoms with Crippen LogP contribution in [0.5, 0.6) is 0 Å². The maximum atomic E-state index is 11.8. The van der Waals surface area contributed by atoms with Gasteiger partial charge in [0.15, 0.2) is 0 Å². The Morgan fingerprint density at radius 1 is 1.19 bits per heavy atom. The lowest BCUT2D eigenvalue weighted by Gasteiger charge is -2.58. The summed E-state index contributed by atoms with van der Waals surface area (Å²) in [6.07, 6.45) is 3.53. The average Bonchev–Trinajstić information content (AvgIpc) is 2.09. The Balaban J connectivity index is 0.000000457. The molecule has 3 fully saturated rings. The van der Waals surface area contributed by atoms with Crippen molar-refractivity contribution in [2.45, 2.75) is 33.1 Å². The van der Waals surface area contributed by atoms with Gasteiger partial charge in [-0.25, -0.2) is 0 Å². The number of amides is 1. The molecule has 2 saturated heterocycles. The summed E-state index contributed by atoms with van der Waals surface area (Å²) in [5.74, 6) is 0.820. The maximum Gasteiger partial charge on any atom is 0.225 e. The summed E-state index contributed by atoms with van der Waals surface area (Å²) >= 11 is 0. The third kappa shape index (κ3) is 1.86. The molecule has 0 aromatic heterocycles. The van der Waals surface area contributed by atoms with Crippen molar-refractivity contribution in [1.82, 2.24) is 9.80 Å². The fourth-order valence-electron chi connectivity index (χ4n) is 3.31. The standard InChI is InChI=1S/C11H18N2O.C2H6/c1-12-7-11(8-12)5-9(6-11)10(14)13-3-2-4-13;1-2/h9H,2-8H2,1H3;1-2H3. The van der Waals surface area contributed by atoms with Gasteiger partial charge in [-0.3, -0.25) is 4.79 Å². The molecule has 3 rings (SSSR count). The second-order valence-electron chi connectivity index (χ2n) is 5.46. The molecule has 1 spiro atoms. The summed E-state index contributed by atoms with van der Waals surface area (Å²) in [5.41, 5.74) is 0.555. The largest absolute Gasteiger partial charge is 0.342 e. The van der Waals surface area contributed by atoms with Gasteiger partial charge in [-0.05, 0) is 31.7 Å². The van der Waals surface area contributed by atoms with Crippen LogP contribution in [0.1, 0.15) is 33.1 Å². The van der Waals surface area contributed by atoms with E-state index in [1.54, 1.807) is 0 Å². The second-order valence-corrected chi connectivity index (χ2v) is 5.46. The lowest BCUT2D eigenvalue weighted by Crippen LogP contribution is -2.63. The Morgan fingerprint density at radius 3 is 2.12 bits per heavy atom. The van der Waals surface area contributed by atoms with Gasteiger partial charge in [-0.15, -0.1) is 0 Å². The van der Waals surface area contributed by atoms with E-state index in [1.165, 1.54) is 19.5 Å². The van der Waals surface area contributed by atoms with Crippen molar-refractivity contribution < 1.29 is 4.79 Å². The van der Waals surface area contributed by atoms with Crippen LogP contribution in [-0.2, 0) is 4.79 Å². The molecule has 3 aliphatic rings. The number of carbonyl (C=O) groups is 1. The van der Waals surface area contributed by atoms with E-state index >= 15 is 0 Å². The van der Waals surface area contributed by atoms with Crippen molar-refractivity contribution in [3.05, 3.63) is 0 Å². The molecule has 0 N–H and O–H groups in total. The van der Waals surface area contributed by atoms with Crippen molar-refractivity contribution in [1.29, 1.82) is 0 Å². The van der Waals surface area contributed by atoms with Gasteiger partial charge in [-0.2, -0.15) is 0 Å². The molecule has 0 aromatic carbocycles. The molecule has 3 heteroatoms. The molecule has 0 atom stereocenters. The minimum absolute atomic E-state index is 0.379. The quantitative estimate of drug-likeness (QED) is 0.675. The van der Waals surface area contributed by atoms with Crippen LogP contribution in [0.25, 0.3) is 0 Å². The summed E-state index contributed by atoms with van der Waals surface area (Å²) in [5, 5.41) is 0. The minimum atomic E-state index is 0.379. The zero-order valence-electron chi connectivity index (χ0n) is 10.8. The van der Waals surface area contributed by atoms with Crippen molar-refractivity contribution >= 4 is 5.91 Å². The predicted octanol–water partition coefficient (Wildman–Crippen LogP) is 1.59. The molecule has 1 saturated carbocycles. The number of likely N-dealkylation sites (tertiary alicyclic amines) is 2. The number of nitrogens with zero attached hydrogens (tertiary/aromatic N) is 2. The molecule has 0 radical (unpaired) electrons. The lowest BCUT2D eigenvalue weighted by molar-refractivity contribution is -0.156. The Morgan fingerprint density at radius 2 is 1.75 bits per heavy atom. The molecule has 1 amide bonds. The number of rotatable bonds is 1. The molecule has 3 nitrogen and oxygen atoms in total. The van der Waals surface area contributed by atoms with Crippen LogP contribution in [-0.4, -0.2) is 48.9 Å². The zero-order valence-corrected chi connectivity index (χ0v) is 10.8. The SMILES string of the molecule is CC.CN1CC2(CC(C(=O)N3CCC3)C2)C1. The number of hydrogen-bond donors (Lipinski definition) is 0.